The summed E-state index contributed by atoms with van der Waals surface area (Å²) in [5, 5.41) is 19.0. The molecule has 8 nitrogen and oxygen atoms in total. The molecule has 0 aliphatic carbocycles. The number of methoxy groups -OCH3 is 1. The predicted octanol–water partition coefficient (Wildman–Crippen LogP) is 1.45. The van der Waals surface area contributed by atoms with Gasteiger partial charge in [0.25, 0.3) is 0 Å². The van der Waals surface area contributed by atoms with Crippen molar-refractivity contribution >= 4 is 29.4 Å². The Morgan fingerprint density at radius 1 is 1.30 bits per heavy atom. The monoisotopic (exact) mass is 390 g/mol. The third kappa shape index (κ3) is 4.09. The van der Waals surface area contributed by atoms with Gasteiger partial charge in [-0.2, -0.15) is 16.9 Å². The highest BCUT2D eigenvalue weighted by molar-refractivity contribution is 7.98. The van der Waals surface area contributed by atoms with Gasteiger partial charge in [-0.25, -0.2) is 4.68 Å². The number of amides is 2. The van der Waals surface area contributed by atoms with Crippen LogP contribution in [0.2, 0.25) is 0 Å². The normalized spacial score (nSPS) is 13.7. The van der Waals surface area contributed by atoms with Gasteiger partial charge in [0.2, 0.25) is 0 Å². The summed E-state index contributed by atoms with van der Waals surface area (Å²) in [5.41, 5.74) is 2.58. The molecular weight excluding hydrogens is 368 g/mol. The number of fused-ring (bicyclic) bond motifs is 1. The summed E-state index contributed by atoms with van der Waals surface area (Å²) in [7, 11) is 1.59. The number of rotatable bonds is 6. The lowest BCUT2D eigenvalue weighted by Crippen LogP contribution is -2.43. The van der Waals surface area contributed by atoms with Crippen LogP contribution in [0.5, 0.6) is 5.75 Å². The smallest absolute Gasteiger partial charge is 0.314 e. The summed E-state index contributed by atoms with van der Waals surface area (Å²) in [6, 6.07) is 6.84. The van der Waals surface area contributed by atoms with Gasteiger partial charge in [0, 0.05) is 17.1 Å². The topological polar surface area (TPSA) is 105 Å². The number of benzene rings is 1. The molecule has 1 aliphatic heterocycles. The quantitative estimate of drug-likeness (QED) is 0.645. The Bertz CT molecular complexity index is 831. The fourth-order valence-electron chi connectivity index (χ4n) is 2.74. The SMILES string of the molecule is CCC(CO)NC(=O)C(=O)Nc1c2c(nn1-c1ccc(OC)cc1)CSC2. The highest BCUT2D eigenvalue weighted by Gasteiger charge is 2.27. The van der Waals surface area contributed by atoms with Gasteiger partial charge in [-0.1, -0.05) is 6.92 Å². The molecule has 0 spiro atoms. The van der Waals surface area contributed by atoms with E-state index in [0.29, 0.717) is 18.0 Å². The third-order valence-electron chi connectivity index (χ3n) is 4.36. The molecule has 2 amide bonds. The van der Waals surface area contributed by atoms with Gasteiger partial charge in [-0.15, -0.1) is 0 Å². The summed E-state index contributed by atoms with van der Waals surface area (Å²) in [6.07, 6.45) is 0.533. The second-order valence-electron chi connectivity index (χ2n) is 6.09. The maximum atomic E-state index is 12.4. The van der Waals surface area contributed by atoms with Crippen molar-refractivity contribution in [2.75, 3.05) is 19.0 Å². The van der Waals surface area contributed by atoms with Gasteiger partial charge in [-0.05, 0) is 30.7 Å². The van der Waals surface area contributed by atoms with Gasteiger partial charge in [-0.3, -0.25) is 9.59 Å². The number of ether oxygens (including phenoxy) is 1. The lowest BCUT2D eigenvalue weighted by atomic mass is 10.2. The van der Waals surface area contributed by atoms with Crippen molar-refractivity contribution in [3.8, 4) is 11.4 Å². The molecule has 0 radical (unpaired) electrons. The molecule has 0 fully saturated rings. The van der Waals surface area contributed by atoms with Gasteiger partial charge in [0.05, 0.1) is 31.1 Å². The Balaban J connectivity index is 1.86. The Morgan fingerprint density at radius 3 is 2.67 bits per heavy atom. The molecule has 1 unspecified atom stereocenters. The molecule has 0 bridgehead atoms. The van der Waals surface area contributed by atoms with Crippen molar-refractivity contribution in [2.45, 2.75) is 30.9 Å². The van der Waals surface area contributed by atoms with Crippen LogP contribution in [0.3, 0.4) is 0 Å². The van der Waals surface area contributed by atoms with Crippen LogP contribution < -0.4 is 15.4 Å². The van der Waals surface area contributed by atoms with Crippen molar-refractivity contribution in [1.29, 1.82) is 0 Å². The number of thioether (sulfide) groups is 1. The lowest BCUT2D eigenvalue weighted by Gasteiger charge is -2.15. The first kappa shape index (κ1) is 19.2. The highest BCUT2D eigenvalue weighted by atomic mass is 32.2. The Kier molecular flexibility index (Phi) is 6.02. The van der Waals surface area contributed by atoms with Crippen molar-refractivity contribution < 1.29 is 19.4 Å². The Hall–Kier alpha value is -2.52. The van der Waals surface area contributed by atoms with Crippen LogP contribution in [0.1, 0.15) is 24.6 Å². The molecule has 3 rings (SSSR count). The van der Waals surface area contributed by atoms with E-state index in [0.717, 1.165) is 28.5 Å². The summed E-state index contributed by atoms with van der Waals surface area (Å²) < 4.78 is 6.81. The molecule has 27 heavy (non-hydrogen) atoms. The first-order valence-corrected chi connectivity index (χ1v) is 9.78. The zero-order chi connectivity index (χ0) is 19.4. The van der Waals surface area contributed by atoms with Crippen molar-refractivity contribution in [1.82, 2.24) is 15.1 Å². The summed E-state index contributed by atoms with van der Waals surface area (Å²) >= 11 is 1.71. The number of hydrogen-bond acceptors (Lipinski definition) is 6. The first-order chi connectivity index (χ1) is 13.1. The maximum Gasteiger partial charge on any atom is 0.314 e. The molecule has 2 heterocycles. The fourth-order valence-corrected chi connectivity index (χ4v) is 3.78. The molecule has 1 aromatic carbocycles. The largest absolute Gasteiger partial charge is 0.497 e. The maximum absolute atomic E-state index is 12.4. The van der Waals surface area contributed by atoms with Gasteiger partial charge in [0.1, 0.15) is 11.6 Å². The van der Waals surface area contributed by atoms with Crippen molar-refractivity contribution in [3.05, 3.63) is 35.5 Å². The van der Waals surface area contributed by atoms with Crippen molar-refractivity contribution in [2.24, 2.45) is 0 Å². The number of carbonyl (C=O) groups excluding carboxylic acids is 2. The predicted molar refractivity (Wildman–Crippen MR) is 103 cm³/mol. The summed E-state index contributed by atoms with van der Waals surface area (Å²) in [5.74, 6) is 1.13. The summed E-state index contributed by atoms with van der Waals surface area (Å²) in [6.45, 7) is 1.60. The standard InChI is InChI=1S/C18H22N4O4S/c1-3-11(8-23)19-17(24)18(25)20-16-14-9-27-10-15(14)21-22(16)12-4-6-13(26-2)7-5-12/h4-7,11,23H,3,8-10H2,1-2H3,(H,19,24)(H,20,25). The molecule has 2 aromatic rings. The van der Waals surface area contributed by atoms with Gasteiger partial charge < -0.3 is 20.5 Å². The molecule has 1 atom stereocenters. The van der Waals surface area contributed by atoms with Gasteiger partial charge in [0.15, 0.2) is 0 Å². The Labute approximate surface area is 161 Å². The van der Waals surface area contributed by atoms with E-state index in [2.05, 4.69) is 15.7 Å². The molecule has 3 N–H and O–H groups in total. The van der Waals surface area contributed by atoms with E-state index in [1.54, 1.807) is 23.6 Å². The number of hydrogen-bond donors (Lipinski definition) is 3. The fraction of sp³-hybridized carbons (Fsp3) is 0.389. The van der Waals surface area contributed by atoms with E-state index in [1.165, 1.54) is 0 Å². The van der Waals surface area contributed by atoms with E-state index in [4.69, 9.17) is 4.74 Å². The first-order valence-electron chi connectivity index (χ1n) is 8.63. The van der Waals surface area contributed by atoms with Crippen molar-refractivity contribution in [3.63, 3.8) is 0 Å². The molecule has 0 saturated carbocycles. The van der Waals surface area contributed by atoms with E-state index >= 15 is 0 Å². The molecule has 9 heteroatoms. The Morgan fingerprint density at radius 2 is 2.04 bits per heavy atom. The minimum absolute atomic E-state index is 0.217. The molecule has 144 valence electrons. The number of carbonyl (C=O) groups is 2. The number of anilines is 1. The van der Waals surface area contributed by atoms with Crippen LogP contribution >= 0.6 is 11.8 Å². The van der Waals surface area contributed by atoms with E-state index in [1.807, 2.05) is 31.2 Å². The number of nitrogens with one attached hydrogen (secondary N) is 2. The molecule has 1 aromatic heterocycles. The zero-order valence-electron chi connectivity index (χ0n) is 15.2. The molecular formula is C18H22N4O4S. The van der Waals surface area contributed by atoms with Crippen LogP contribution in [-0.2, 0) is 21.1 Å². The summed E-state index contributed by atoms with van der Waals surface area (Å²) in [4.78, 5) is 24.5. The van der Waals surface area contributed by atoms with E-state index in [9.17, 15) is 14.7 Å². The zero-order valence-corrected chi connectivity index (χ0v) is 16.0. The second-order valence-corrected chi connectivity index (χ2v) is 7.08. The van der Waals surface area contributed by atoms with Crippen LogP contribution in [0.4, 0.5) is 5.82 Å². The highest BCUT2D eigenvalue weighted by Crippen LogP contribution is 2.36. The molecule has 0 saturated heterocycles. The van der Waals surface area contributed by atoms with Crippen LogP contribution in [0.25, 0.3) is 5.69 Å². The average Bonchev–Trinajstić information content (AvgIpc) is 3.28. The third-order valence-corrected chi connectivity index (χ3v) is 5.33. The number of aliphatic hydroxyl groups is 1. The van der Waals surface area contributed by atoms with Crippen LogP contribution in [-0.4, -0.2) is 46.5 Å². The second kappa shape index (κ2) is 8.45. The van der Waals surface area contributed by atoms with E-state index < -0.39 is 17.9 Å². The number of aromatic nitrogens is 2. The lowest BCUT2D eigenvalue weighted by molar-refractivity contribution is -0.136. The average molecular weight is 390 g/mol. The molecule has 1 aliphatic rings. The van der Waals surface area contributed by atoms with Gasteiger partial charge >= 0.3 is 11.8 Å². The minimum atomic E-state index is -0.781. The van der Waals surface area contributed by atoms with Crippen LogP contribution in [0.15, 0.2) is 24.3 Å². The van der Waals surface area contributed by atoms with E-state index in [-0.39, 0.29) is 6.61 Å². The van der Waals surface area contributed by atoms with Crippen LogP contribution in [0, 0.1) is 0 Å². The number of aliphatic hydroxyl groups excluding tert-OH is 1. The number of nitrogens with zero attached hydrogens (tertiary/aromatic N) is 2. The minimum Gasteiger partial charge on any atom is -0.497 e.